The topological polar surface area (TPSA) is 75.3 Å². The van der Waals surface area contributed by atoms with Crippen LogP contribution in [-0.4, -0.2) is 45.5 Å². The Kier molecular flexibility index (Phi) is 8.16. The zero-order chi connectivity index (χ0) is 13.3. The van der Waals surface area contributed by atoms with Crippen LogP contribution >= 0.6 is 0 Å². The molecule has 0 aliphatic rings. The number of hydrogen-bond acceptors (Lipinski definition) is 4. The standard InChI is InChI=1S/C11H24N2O3S/c1-10(2)12-7-4-6-11(14)13-8-5-9-17(3,15)16/h10,12H,4-9H2,1-3H3,(H,13,14). The fraction of sp³-hybridized carbons (Fsp3) is 0.909. The van der Waals surface area contributed by atoms with Crippen LogP contribution in [0.5, 0.6) is 0 Å². The molecule has 1 amide bonds. The minimum atomic E-state index is -2.91. The van der Waals surface area contributed by atoms with Crippen molar-refractivity contribution in [2.75, 3.05) is 25.1 Å². The van der Waals surface area contributed by atoms with E-state index < -0.39 is 9.84 Å². The molecular weight excluding hydrogens is 240 g/mol. The molecule has 0 aromatic rings. The van der Waals surface area contributed by atoms with Gasteiger partial charge in [0, 0.05) is 25.3 Å². The molecule has 0 saturated carbocycles. The van der Waals surface area contributed by atoms with E-state index in [2.05, 4.69) is 24.5 Å². The Morgan fingerprint density at radius 3 is 2.35 bits per heavy atom. The third kappa shape index (κ3) is 13.3. The summed E-state index contributed by atoms with van der Waals surface area (Å²) in [5.74, 6) is 0.117. The van der Waals surface area contributed by atoms with Crippen LogP contribution in [0.3, 0.4) is 0 Å². The largest absolute Gasteiger partial charge is 0.356 e. The minimum absolute atomic E-state index is 0.0101. The Morgan fingerprint density at radius 2 is 1.82 bits per heavy atom. The highest BCUT2D eigenvalue weighted by molar-refractivity contribution is 7.90. The van der Waals surface area contributed by atoms with E-state index in [9.17, 15) is 13.2 Å². The summed E-state index contributed by atoms with van der Waals surface area (Å²) in [5, 5.41) is 5.94. The second-order valence-corrected chi connectivity index (χ2v) is 6.81. The van der Waals surface area contributed by atoms with Crippen molar-refractivity contribution in [3.8, 4) is 0 Å². The molecular formula is C11H24N2O3S. The molecule has 0 aliphatic heterocycles. The first-order valence-electron chi connectivity index (χ1n) is 5.99. The lowest BCUT2D eigenvalue weighted by Gasteiger charge is -2.08. The van der Waals surface area contributed by atoms with E-state index in [0.717, 1.165) is 13.0 Å². The van der Waals surface area contributed by atoms with Crippen molar-refractivity contribution in [1.82, 2.24) is 10.6 Å². The zero-order valence-electron chi connectivity index (χ0n) is 11.0. The van der Waals surface area contributed by atoms with E-state index >= 15 is 0 Å². The highest BCUT2D eigenvalue weighted by atomic mass is 32.2. The van der Waals surface area contributed by atoms with E-state index in [0.29, 0.717) is 25.4 Å². The summed E-state index contributed by atoms with van der Waals surface area (Å²) >= 11 is 0. The van der Waals surface area contributed by atoms with Crippen molar-refractivity contribution in [1.29, 1.82) is 0 Å². The molecule has 0 aliphatic carbocycles. The molecule has 6 heteroatoms. The molecule has 0 aromatic carbocycles. The van der Waals surface area contributed by atoms with Gasteiger partial charge in [-0.05, 0) is 19.4 Å². The maximum absolute atomic E-state index is 11.3. The minimum Gasteiger partial charge on any atom is -0.356 e. The first-order valence-corrected chi connectivity index (χ1v) is 8.05. The Bertz CT molecular complexity index is 313. The Hall–Kier alpha value is -0.620. The summed E-state index contributed by atoms with van der Waals surface area (Å²) in [7, 11) is -2.91. The van der Waals surface area contributed by atoms with Gasteiger partial charge in [0.05, 0.1) is 5.75 Å². The Balaban J connectivity index is 3.41. The average molecular weight is 264 g/mol. The van der Waals surface area contributed by atoms with Gasteiger partial charge in [-0.15, -0.1) is 0 Å². The summed E-state index contributed by atoms with van der Waals surface area (Å²) in [5.41, 5.74) is 0. The van der Waals surface area contributed by atoms with Crippen molar-refractivity contribution >= 4 is 15.7 Å². The molecule has 0 radical (unpaired) electrons. The number of rotatable bonds is 9. The highest BCUT2D eigenvalue weighted by Crippen LogP contribution is 1.90. The second-order valence-electron chi connectivity index (χ2n) is 4.55. The van der Waals surface area contributed by atoms with Gasteiger partial charge in [0.2, 0.25) is 5.91 Å². The third-order valence-corrected chi connectivity index (χ3v) is 3.18. The molecule has 0 bridgehead atoms. The molecule has 0 rings (SSSR count). The molecule has 0 heterocycles. The van der Waals surface area contributed by atoms with Gasteiger partial charge in [0.15, 0.2) is 0 Å². The fourth-order valence-electron chi connectivity index (χ4n) is 1.29. The number of carbonyl (C=O) groups excluding carboxylic acids is 1. The summed E-state index contributed by atoms with van der Waals surface area (Å²) < 4.78 is 21.7. The lowest BCUT2D eigenvalue weighted by Crippen LogP contribution is -2.28. The molecule has 0 saturated heterocycles. The fourth-order valence-corrected chi connectivity index (χ4v) is 1.96. The van der Waals surface area contributed by atoms with Crippen molar-refractivity contribution in [2.24, 2.45) is 0 Å². The van der Waals surface area contributed by atoms with Gasteiger partial charge in [0.1, 0.15) is 9.84 Å². The molecule has 0 aromatic heterocycles. The molecule has 0 atom stereocenters. The van der Waals surface area contributed by atoms with E-state index in [4.69, 9.17) is 0 Å². The number of sulfone groups is 1. The van der Waals surface area contributed by atoms with Gasteiger partial charge in [-0.3, -0.25) is 4.79 Å². The van der Waals surface area contributed by atoms with Crippen LogP contribution in [0.25, 0.3) is 0 Å². The third-order valence-electron chi connectivity index (χ3n) is 2.15. The first-order chi connectivity index (χ1) is 7.81. The normalized spacial score (nSPS) is 11.8. The predicted molar refractivity (Wildman–Crippen MR) is 69.7 cm³/mol. The summed E-state index contributed by atoms with van der Waals surface area (Å²) in [6, 6.07) is 0.438. The van der Waals surface area contributed by atoms with Crippen LogP contribution < -0.4 is 10.6 Å². The maximum atomic E-state index is 11.3. The van der Waals surface area contributed by atoms with E-state index in [1.807, 2.05) is 0 Å². The molecule has 102 valence electrons. The van der Waals surface area contributed by atoms with Crippen molar-refractivity contribution in [3.63, 3.8) is 0 Å². The molecule has 2 N–H and O–H groups in total. The van der Waals surface area contributed by atoms with Crippen molar-refractivity contribution < 1.29 is 13.2 Å². The van der Waals surface area contributed by atoms with Gasteiger partial charge in [-0.25, -0.2) is 8.42 Å². The summed E-state index contributed by atoms with van der Waals surface area (Å²) in [4.78, 5) is 11.3. The molecule has 17 heavy (non-hydrogen) atoms. The van der Waals surface area contributed by atoms with Gasteiger partial charge in [-0.2, -0.15) is 0 Å². The van der Waals surface area contributed by atoms with Crippen LogP contribution in [0.15, 0.2) is 0 Å². The average Bonchev–Trinajstić information content (AvgIpc) is 2.18. The molecule has 0 spiro atoms. The van der Waals surface area contributed by atoms with Gasteiger partial charge in [-0.1, -0.05) is 13.8 Å². The Morgan fingerprint density at radius 1 is 1.18 bits per heavy atom. The monoisotopic (exact) mass is 264 g/mol. The number of hydrogen-bond donors (Lipinski definition) is 2. The van der Waals surface area contributed by atoms with Crippen LogP contribution in [0, 0.1) is 0 Å². The lowest BCUT2D eigenvalue weighted by molar-refractivity contribution is -0.121. The first kappa shape index (κ1) is 16.4. The van der Waals surface area contributed by atoms with Crippen molar-refractivity contribution in [3.05, 3.63) is 0 Å². The lowest BCUT2D eigenvalue weighted by atomic mass is 10.2. The SMILES string of the molecule is CC(C)NCCCC(=O)NCCCS(C)(=O)=O. The van der Waals surface area contributed by atoms with E-state index in [1.54, 1.807) is 0 Å². The Labute approximate surface area is 104 Å². The van der Waals surface area contributed by atoms with Gasteiger partial charge < -0.3 is 10.6 Å². The number of carbonyl (C=O) groups is 1. The van der Waals surface area contributed by atoms with Crippen LogP contribution in [0.4, 0.5) is 0 Å². The van der Waals surface area contributed by atoms with E-state index in [1.165, 1.54) is 6.26 Å². The predicted octanol–water partition coefficient (Wildman–Crippen LogP) is 0.316. The maximum Gasteiger partial charge on any atom is 0.220 e. The number of nitrogens with one attached hydrogen (secondary N) is 2. The zero-order valence-corrected chi connectivity index (χ0v) is 11.8. The molecule has 5 nitrogen and oxygen atoms in total. The second kappa shape index (κ2) is 8.47. The van der Waals surface area contributed by atoms with Gasteiger partial charge in [0.25, 0.3) is 0 Å². The summed E-state index contributed by atoms with van der Waals surface area (Å²) in [6.07, 6.45) is 2.97. The smallest absolute Gasteiger partial charge is 0.220 e. The van der Waals surface area contributed by atoms with Crippen LogP contribution in [0.1, 0.15) is 33.1 Å². The number of amides is 1. The quantitative estimate of drug-likeness (QED) is 0.588. The molecule has 0 unspecified atom stereocenters. The van der Waals surface area contributed by atoms with Crippen LogP contribution in [0.2, 0.25) is 0 Å². The highest BCUT2D eigenvalue weighted by Gasteiger charge is 2.03. The van der Waals surface area contributed by atoms with Gasteiger partial charge >= 0.3 is 0 Å². The molecule has 0 fully saturated rings. The van der Waals surface area contributed by atoms with E-state index in [-0.39, 0.29) is 11.7 Å². The van der Waals surface area contributed by atoms with Crippen LogP contribution in [-0.2, 0) is 14.6 Å². The van der Waals surface area contributed by atoms with Crippen molar-refractivity contribution in [2.45, 2.75) is 39.2 Å². The summed E-state index contributed by atoms with van der Waals surface area (Å²) in [6.45, 7) is 5.38.